The van der Waals surface area contributed by atoms with Gasteiger partial charge in [0.25, 0.3) is 0 Å². The lowest BCUT2D eigenvalue weighted by Crippen LogP contribution is -2.58. The first-order valence-corrected chi connectivity index (χ1v) is 12.4. The molecule has 1 heterocycles. The van der Waals surface area contributed by atoms with E-state index in [4.69, 9.17) is 0 Å². The molecule has 1 aromatic carbocycles. The van der Waals surface area contributed by atoms with E-state index in [9.17, 15) is 19.2 Å². The molecule has 35 heavy (non-hydrogen) atoms. The van der Waals surface area contributed by atoms with Crippen LogP contribution in [0.5, 0.6) is 0 Å². The minimum atomic E-state index is -0.815. The lowest BCUT2D eigenvalue weighted by atomic mass is 9.85. The fourth-order valence-corrected chi connectivity index (χ4v) is 5.08. The Balaban J connectivity index is 1.83. The van der Waals surface area contributed by atoms with Crippen LogP contribution in [-0.2, 0) is 25.6 Å². The summed E-state index contributed by atoms with van der Waals surface area (Å²) in [4.78, 5) is 52.9. The predicted molar refractivity (Wildman–Crippen MR) is 133 cm³/mol. The maximum atomic E-state index is 13.8. The van der Waals surface area contributed by atoms with Gasteiger partial charge in [0.05, 0.1) is 12.6 Å². The van der Waals surface area contributed by atoms with E-state index in [0.717, 1.165) is 24.8 Å². The second-order valence-corrected chi connectivity index (χ2v) is 10.7. The molecule has 1 unspecified atom stereocenters. The van der Waals surface area contributed by atoms with Crippen LogP contribution in [0.1, 0.15) is 64.1 Å². The molecule has 1 aliphatic carbocycles. The minimum absolute atomic E-state index is 0.0827. The molecule has 0 radical (unpaired) electrons. The zero-order chi connectivity index (χ0) is 25.8. The summed E-state index contributed by atoms with van der Waals surface area (Å²) in [5, 5.41) is 11.7. The molecule has 0 spiro atoms. The van der Waals surface area contributed by atoms with Gasteiger partial charge in [-0.1, -0.05) is 45.0 Å². The van der Waals surface area contributed by atoms with E-state index >= 15 is 0 Å². The summed E-state index contributed by atoms with van der Waals surface area (Å²) in [6.45, 7) is 7.36. The fourth-order valence-electron chi connectivity index (χ4n) is 5.08. The van der Waals surface area contributed by atoms with Crippen LogP contribution in [0.25, 0.3) is 0 Å². The molecule has 1 saturated heterocycles. The molecule has 0 bridgehead atoms. The molecule has 192 valence electrons. The van der Waals surface area contributed by atoms with Crippen molar-refractivity contribution < 1.29 is 19.2 Å². The number of hydrogen-bond acceptors (Lipinski definition) is 5. The smallest absolute Gasteiger partial charge is 0.246 e. The monoisotopic (exact) mass is 485 g/mol. The van der Waals surface area contributed by atoms with Gasteiger partial charge in [-0.15, -0.1) is 0 Å². The van der Waals surface area contributed by atoms with E-state index in [1.54, 1.807) is 7.05 Å². The number of carbonyl (C=O) groups excluding carboxylic acids is 4. The van der Waals surface area contributed by atoms with Gasteiger partial charge in [0.1, 0.15) is 12.1 Å². The third kappa shape index (κ3) is 6.60. The van der Waals surface area contributed by atoms with Crippen LogP contribution in [-0.4, -0.2) is 66.8 Å². The number of benzene rings is 1. The molecule has 4 amide bonds. The summed E-state index contributed by atoms with van der Waals surface area (Å²) >= 11 is 0. The van der Waals surface area contributed by atoms with E-state index in [1.807, 2.05) is 39.0 Å². The van der Waals surface area contributed by atoms with Gasteiger partial charge in [0.15, 0.2) is 0 Å². The highest BCUT2D eigenvalue weighted by molar-refractivity contribution is 5.93. The van der Waals surface area contributed by atoms with Crippen LogP contribution in [0, 0.1) is 5.41 Å². The first-order valence-electron chi connectivity index (χ1n) is 12.4. The SMILES string of the molecule is CNCC(=O)N[C@H](C(=O)N1C[C@@H](NC(C)=O)C[C@H]1C(=O)NC1CCCc2ccccc21)C(C)(C)C. The molecule has 4 atom stereocenters. The van der Waals surface area contributed by atoms with Gasteiger partial charge < -0.3 is 26.2 Å². The van der Waals surface area contributed by atoms with E-state index in [1.165, 1.54) is 17.4 Å². The molecule has 3 rings (SSSR count). The van der Waals surface area contributed by atoms with Crippen molar-refractivity contribution in [1.29, 1.82) is 0 Å². The van der Waals surface area contributed by atoms with Crippen LogP contribution in [0.15, 0.2) is 24.3 Å². The highest BCUT2D eigenvalue weighted by Crippen LogP contribution is 2.31. The Morgan fingerprint density at radius 2 is 1.83 bits per heavy atom. The van der Waals surface area contributed by atoms with Crippen LogP contribution in [0.4, 0.5) is 0 Å². The number of hydrogen-bond donors (Lipinski definition) is 4. The maximum absolute atomic E-state index is 13.8. The molecule has 1 fully saturated rings. The van der Waals surface area contributed by atoms with Gasteiger partial charge in [-0.05, 0) is 49.3 Å². The summed E-state index contributed by atoms with van der Waals surface area (Å²) < 4.78 is 0. The third-order valence-corrected chi connectivity index (χ3v) is 6.74. The van der Waals surface area contributed by atoms with Gasteiger partial charge in [0, 0.05) is 19.5 Å². The Labute approximate surface area is 207 Å². The number of likely N-dealkylation sites (N-methyl/N-ethyl adjacent to an activating group) is 1. The summed E-state index contributed by atoms with van der Waals surface area (Å²) in [5.41, 5.74) is 1.78. The number of nitrogens with one attached hydrogen (secondary N) is 4. The molecular weight excluding hydrogens is 446 g/mol. The van der Waals surface area contributed by atoms with Crippen molar-refractivity contribution >= 4 is 23.6 Å². The lowest BCUT2D eigenvalue weighted by molar-refractivity contribution is -0.144. The number of carbonyl (C=O) groups is 4. The number of rotatable bonds is 7. The van der Waals surface area contributed by atoms with Crippen molar-refractivity contribution in [3.63, 3.8) is 0 Å². The first kappa shape index (κ1) is 26.7. The molecule has 0 saturated carbocycles. The van der Waals surface area contributed by atoms with Crippen molar-refractivity contribution in [2.45, 2.75) is 77.5 Å². The average Bonchev–Trinajstić information content (AvgIpc) is 3.20. The van der Waals surface area contributed by atoms with Gasteiger partial charge >= 0.3 is 0 Å². The first-order chi connectivity index (χ1) is 16.5. The molecule has 1 aliphatic heterocycles. The molecule has 0 aromatic heterocycles. The second kappa shape index (κ2) is 11.2. The van der Waals surface area contributed by atoms with Gasteiger partial charge in [-0.2, -0.15) is 0 Å². The summed E-state index contributed by atoms with van der Waals surface area (Å²) in [6, 6.07) is 6.12. The highest BCUT2D eigenvalue weighted by atomic mass is 16.2. The predicted octanol–water partition coefficient (Wildman–Crippen LogP) is 1.04. The number of nitrogens with zero attached hydrogens (tertiary/aromatic N) is 1. The van der Waals surface area contributed by atoms with Crippen LogP contribution in [0.2, 0.25) is 0 Å². The summed E-state index contributed by atoms with van der Waals surface area (Å²) in [6.07, 6.45) is 3.13. The average molecular weight is 486 g/mol. The van der Waals surface area contributed by atoms with Crippen molar-refractivity contribution in [3.8, 4) is 0 Å². The number of amides is 4. The van der Waals surface area contributed by atoms with E-state index < -0.39 is 17.5 Å². The third-order valence-electron chi connectivity index (χ3n) is 6.74. The Morgan fingerprint density at radius 1 is 1.11 bits per heavy atom. The van der Waals surface area contributed by atoms with E-state index in [-0.39, 0.29) is 48.8 Å². The Morgan fingerprint density at radius 3 is 2.49 bits per heavy atom. The summed E-state index contributed by atoms with van der Waals surface area (Å²) in [7, 11) is 1.66. The Hall–Kier alpha value is -2.94. The zero-order valence-corrected chi connectivity index (χ0v) is 21.4. The van der Waals surface area contributed by atoms with Crippen molar-refractivity contribution in [2.24, 2.45) is 5.41 Å². The Bertz CT molecular complexity index is 957. The molecule has 9 nitrogen and oxygen atoms in total. The van der Waals surface area contributed by atoms with Crippen molar-refractivity contribution in [2.75, 3.05) is 20.1 Å². The van der Waals surface area contributed by atoms with Gasteiger partial charge in [-0.25, -0.2) is 0 Å². The van der Waals surface area contributed by atoms with E-state index in [0.29, 0.717) is 6.42 Å². The molecule has 9 heteroatoms. The van der Waals surface area contributed by atoms with Crippen LogP contribution >= 0.6 is 0 Å². The number of likely N-dealkylation sites (tertiary alicyclic amines) is 1. The molecular formula is C26H39N5O4. The molecule has 2 aliphatic rings. The number of fused-ring (bicyclic) bond motifs is 1. The van der Waals surface area contributed by atoms with Gasteiger partial charge in [0.2, 0.25) is 23.6 Å². The quantitative estimate of drug-likeness (QED) is 0.460. The lowest BCUT2D eigenvalue weighted by Gasteiger charge is -2.36. The normalized spacial score (nSPS) is 22.7. The van der Waals surface area contributed by atoms with Crippen LogP contribution < -0.4 is 21.3 Å². The van der Waals surface area contributed by atoms with Gasteiger partial charge in [-0.3, -0.25) is 19.2 Å². The van der Waals surface area contributed by atoms with E-state index in [2.05, 4.69) is 27.3 Å². The van der Waals surface area contributed by atoms with Crippen LogP contribution in [0.3, 0.4) is 0 Å². The summed E-state index contributed by atoms with van der Waals surface area (Å²) in [5.74, 6) is -1.06. The minimum Gasteiger partial charge on any atom is -0.352 e. The highest BCUT2D eigenvalue weighted by Gasteiger charge is 2.45. The topological polar surface area (TPSA) is 120 Å². The van der Waals surface area contributed by atoms with Crippen molar-refractivity contribution in [1.82, 2.24) is 26.2 Å². The van der Waals surface area contributed by atoms with Crippen molar-refractivity contribution in [3.05, 3.63) is 35.4 Å². The Kier molecular flexibility index (Phi) is 8.53. The number of aryl methyl sites for hydroxylation is 1. The molecule has 4 N–H and O–H groups in total. The largest absolute Gasteiger partial charge is 0.352 e. The molecule has 1 aromatic rings. The maximum Gasteiger partial charge on any atom is 0.246 e. The zero-order valence-electron chi connectivity index (χ0n) is 21.4. The standard InChI is InChI=1S/C26H39N5O4/c1-16(32)28-18-13-21(24(34)29-20-12-8-10-17-9-6-7-11-19(17)20)31(15-18)25(35)23(26(2,3)4)30-22(33)14-27-5/h6-7,9,11,18,20-21,23,27H,8,10,12-15H2,1-5H3,(H,28,32)(H,29,34)(H,30,33)/t18-,20?,21-,23+/m0/s1. The fraction of sp³-hybridized carbons (Fsp3) is 0.615. The second-order valence-electron chi connectivity index (χ2n) is 10.7.